The molecular formula is C22H23ClO3. The van der Waals surface area contributed by atoms with E-state index in [0.717, 1.165) is 31.2 Å². The molecule has 136 valence electrons. The number of rotatable bonds is 5. The molecular weight excluding hydrogens is 348 g/mol. The molecule has 1 saturated heterocycles. The van der Waals surface area contributed by atoms with Gasteiger partial charge < -0.3 is 9.47 Å². The molecule has 4 rings (SSSR count). The van der Waals surface area contributed by atoms with Crippen molar-refractivity contribution in [3.8, 4) is 0 Å². The van der Waals surface area contributed by atoms with Gasteiger partial charge in [0.25, 0.3) is 0 Å². The number of halogens is 1. The molecule has 0 aromatic heterocycles. The maximum atomic E-state index is 13.2. The van der Waals surface area contributed by atoms with E-state index in [1.807, 2.05) is 42.5 Å². The zero-order valence-electron chi connectivity index (χ0n) is 14.7. The van der Waals surface area contributed by atoms with Crippen molar-refractivity contribution in [2.45, 2.75) is 43.3 Å². The summed E-state index contributed by atoms with van der Waals surface area (Å²) in [6, 6.07) is 17.9. The van der Waals surface area contributed by atoms with Crippen LogP contribution in [0.1, 0.15) is 30.4 Å². The predicted molar refractivity (Wildman–Crippen MR) is 102 cm³/mol. The topological polar surface area (TPSA) is 35.5 Å². The summed E-state index contributed by atoms with van der Waals surface area (Å²) in [4.78, 5) is 13.2. The first-order valence-electron chi connectivity index (χ1n) is 9.25. The van der Waals surface area contributed by atoms with E-state index < -0.39 is 11.5 Å². The van der Waals surface area contributed by atoms with Crippen LogP contribution < -0.4 is 0 Å². The second-order valence-electron chi connectivity index (χ2n) is 7.28. The van der Waals surface area contributed by atoms with Crippen LogP contribution in [0.3, 0.4) is 0 Å². The third kappa shape index (κ3) is 3.44. The highest BCUT2D eigenvalue weighted by atomic mass is 35.5. The Labute approximate surface area is 159 Å². The zero-order chi connectivity index (χ0) is 18.0. The smallest absolute Gasteiger partial charge is 0.174 e. The number of Topliss-reactive ketones (excluding diaryl/α,β-unsaturated/α-hetero) is 1. The van der Waals surface area contributed by atoms with Crippen LogP contribution in [0.2, 0.25) is 5.02 Å². The molecule has 26 heavy (non-hydrogen) atoms. The minimum Gasteiger partial charge on any atom is -0.372 e. The Hall–Kier alpha value is -1.68. The summed E-state index contributed by atoms with van der Waals surface area (Å²) in [7, 11) is 0. The highest BCUT2D eigenvalue weighted by Crippen LogP contribution is 2.46. The van der Waals surface area contributed by atoms with E-state index in [9.17, 15) is 4.79 Å². The number of hydrogen-bond donors (Lipinski definition) is 0. The Balaban J connectivity index is 1.41. The highest BCUT2D eigenvalue weighted by molar-refractivity contribution is 6.30. The van der Waals surface area contributed by atoms with Crippen LogP contribution in [0.15, 0.2) is 54.6 Å². The van der Waals surface area contributed by atoms with Gasteiger partial charge in [0.2, 0.25) is 0 Å². The minimum atomic E-state index is -0.485. The standard InChI is InChI=1S/C22H23ClO3/c23-18-9-4-8-17(13-18)22(10-5-11-22)21(24)20-15-25-19(14-26-20)12-16-6-2-1-3-7-16/h1-4,6-9,13,19-20H,5,10-12,14-15H2. The highest BCUT2D eigenvalue weighted by Gasteiger charge is 2.49. The molecule has 1 saturated carbocycles. The molecule has 1 heterocycles. The second-order valence-corrected chi connectivity index (χ2v) is 7.71. The molecule has 2 atom stereocenters. The molecule has 3 nitrogen and oxygen atoms in total. The largest absolute Gasteiger partial charge is 0.372 e. The summed E-state index contributed by atoms with van der Waals surface area (Å²) in [6.45, 7) is 0.787. The molecule has 2 aromatic carbocycles. The average Bonchev–Trinajstić information content (AvgIpc) is 2.62. The third-order valence-corrected chi connectivity index (χ3v) is 5.86. The summed E-state index contributed by atoms with van der Waals surface area (Å²) in [5.41, 5.74) is 1.78. The Bertz CT molecular complexity index is 762. The molecule has 0 radical (unpaired) electrons. The number of benzene rings is 2. The first kappa shape index (κ1) is 17.7. The lowest BCUT2D eigenvalue weighted by atomic mass is 9.61. The monoisotopic (exact) mass is 370 g/mol. The maximum Gasteiger partial charge on any atom is 0.174 e. The Morgan fingerprint density at radius 2 is 1.85 bits per heavy atom. The lowest BCUT2D eigenvalue weighted by Gasteiger charge is -2.44. The van der Waals surface area contributed by atoms with Crippen LogP contribution in [-0.4, -0.2) is 31.2 Å². The fourth-order valence-electron chi connectivity index (χ4n) is 3.99. The van der Waals surface area contributed by atoms with Gasteiger partial charge in [0.1, 0.15) is 6.10 Å². The molecule has 0 N–H and O–H groups in total. The first-order chi connectivity index (χ1) is 12.7. The summed E-state index contributed by atoms with van der Waals surface area (Å²) in [6.07, 6.45) is 3.11. The van der Waals surface area contributed by atoms with Crippen LogP contribution in [0, 0.1) is 0 Å². The fourth-order valence-corrected chi connectivity index (χ4v) is 4.18. The van der Waals surface area contributed by atoms with E-state index in [2.05, 4.69) is 12.1 Å². The molecule has 2 unspecified atom stereocenters. The molecule has 2 aliphatic rings. The number of ketones is 1. The number of carbonyl (C=O) groups is 1. The van der Waals surface area contributed by atoms with E-state index in [1.165, 1.54) is 5.56 Å². The van der Waals surface area contributed by atoms with Gasteiger partial charge in [-0.15, -0.1) is 0 Å². The normalized spacial score (nSPS) is 24.7. The molecule has 4 heteroatoms. The average molecular weight is 371 g/mol. The van der Waals surface area contributed by atoms with Crippen molar-refractivity contribution in [3.05, 3.63) is 70.7 Å². The van der Waals surface area contributed by atoms with Gasteiger partial charge in [0, 0.05) is 11.4 Å². The van der Waals surface area contributed by atoms with Crippen LogP contribution >= 0.6 is 11.6 Å². The SMILES string of the molecule is O=C(C1COC(Cc2ccccc2)CO1)C1(c2cccc(Cl)c2)CCC1. The minimum absolute atomic E-state index is 0.00459. The quantitative estimate of drug-likeness (QED) is 0.784. The lowest BCUT2D eigenvalue weighted by Crippen LogP contribution is -2.52. The number of ether oxygens (including phenoxy) is 2. The van der Waals surface area contributed by atoms with Crippen molar-refractivity contribution in [1.29, 1.82) is 0 Å². The molecule has 2 aromatic rings. The Morgan fingerprint density at radius 3 is 2.46 bits per heavy atom. The van der Waals surface area contributed by atoms with Gasteiger partial charge in [0.05, 0.1) is 24.7 Å². The molecule has 0 amide bonds. The number of carbonyl (C=O) groups excluding carboxylic acids is 1. The fraction of sp³-hybridized carbons (Fsp3) is 0.409. The summed E-state index contributed by atoms with van der Waals surface area (Å²) in [5.74, 6) is 0.143. The number of hydrogen-bond acceptors (Lipinski definition) is 3. The van der Waals surface area contributed by atoms with Crippen molar-refractivity contribution in [1.82, 2.24) is 0 Å². The summed E-state index contributed by atoms with van der Waals surface area (Å²) < 4.78 is 11.9. The van der Waals surface area contributed by atoms with Gasteiger partial charge >= 0.3 is 0 Å². The molecule has 2 fully saturated rings. The van der Waals surface area contributed by atoms with Crippen LogP contribution in [0.4, 0.5) is 0 Å². The van der Waals surface area contributed by atoms with Crippen molar-refractivity contribution in [2.24, 2.45) is 0 Å². The first-order valence-corrected chi connectivity index (χ1v) is 9.63. The van der Waals surface area contributed by atoms with Crippen LogP contribution in [0.5, 0.6) is 0 Å². The second kappa shape index (κ2) is 7.51. The molecule has 0 bridgehead atoms. The van der Waals surface area contributed by atoms with Crippen molar-refractivity contribution in [3.63, 3.8) is 0 Å². The van der Waals surface area contributed by atoms with E-state index in [-0.39, 0.29) is 11.9 Å². The summed E-state index contributed by atoms with van der Waals surface area (Å²) in [5, 5.41) is 0.672. The van der Waals surface area contributed by atoms with Crippen molar-refractivity contribution in [2.75, 3.05) is 13.2 Å². The van der Waals surface area contributed by atoms with Gasteiger partial charge in [0.15, 0.2) is 5.78 Å². The van der Waals surface area contributed by atoms with Crippen molar-refractivity contribution < 1.29 is 14.3 Å². The van der Waals surface area contributed by atoms with E-state index in [4.69, 9.17) is 21.1 Å². The molecule has 0 spiro atoms. The van der Waals surface area contributed by atoms with Crippen LogP contribution in [-0.2, 0) is 26.1 Å². The van der Waals surface area contributed by atoms with Crippen molar-refractivity contribution >= 4 is 17.4 Å². The van der Waals surface area contributed by atoms with E-state index >= 15 is 0 Å². The lowest BCUT2D eigenvalue weighted by molar-refractivity contribution is -0.165. The molecule has 1 aliphatic heterocycles. The maximum absolute atomic E-state index is 13.2. The predicted octanol–water partition coefficient (Wildman–Crippen LogP) is 4.36. The van der Waals surface area contributed by atoms with Gasteiger partial charge in [-0.3, -0.25) is 4.79 Å². The van der Waals surface area contributed by atoms with Gasteiger partial charge in [-0.25, -0.2) is 0 Å². The van der Waals surface area contributed by atoms with Crippen LogP contribution in [0.25, 0.3) is 0 Å². The van der Waals surface area contributed by atoms with E-state index in [1.54, 1.807) is 0 Å². The summed E-state index contributed by atoms with van der Waals surface area (Å²) >= 11 is 6.15. The van der Waals surface area contributed by atoms with Gasteiger partial charge in [-0.2, -0.15) is 0 Å². The zero-order valence-corrected chi connectivity index (χ0v) is 15.5. The molecule has 1 aliphatic carbocycles. The Kier molecular flexibility index (Phi) is 5.12. The third-order valence-electron chi connectivity index (χ3n) is 5.62. The van der Waals surface area contributed by atoms with Gasteiger partial charge in [-0.1, -0.05) is 60.5 Å². The Morgan fingerprint density at radius 1 is 1.04 bits per heavy atom. The van der Waals surface area contributed by atoms with E-state index in [0.29, 0.717) is 18.2 Å². The van der Waals surface area contributed by atoms with Gasteiger partial charge in [-0.05, 0) is 36.1 Å².